The lowest BCUT2D eigenvalue weighted by atomic mass is 9.73. The van der Waals surface area contributed by atoms with Gasteiger partial charge in [-0.25, -0.2) is 24.0 Å². The van der Waals surface area contributed by atoms with Gasteiger partial charge in [-0.3, -0.25) is 43.2 Å². The summed E-state index contributed by atoms with van der Waals surface area (Å²) in [5.41, 5.74) is 1.41. The van der Waals surface area contributed by atoms with E-state index in [1.165, 1.54) is 13.8 Å². The molecular formula is C70H123N13O20. The van der Waals surface area contributed by atoms with Crippen LogP contribution in [0.5, 0.6) is 0 Å². The van der Waals surface area contributed by atoms with Crippen molar-refractivity contribution >= 4 is 83.3 Å². The number of Topliss-reactive ketones (excluding diaryl/α,β-unsaturated/α-hetero) is 2. The van der Waals surface area contributed by atoms with Gasteiger partial charge in [-0.05, 0) is 180 Å². The molecule has 11 amide bonds. The van der Waals surface area contributed by atoms with Crippen LogP contribution in [-0.2, 0) is 71.6 Å². The summed E-state index contributed by atoms with van der Waals surface area (Å²) in [6.07, 6.45) is -5.93. The Hall–Kier alpha value is -8.36. The number of carbonyl (C=O) groups excluding carboxylic acids is 13. The molecule has 15 N–H and O–H groups in total. The fourth-order valence-corrected chi connectivity index (χ4v) is 10.2. The third-order valence-electron chi connectivity index (χ3n) is 14.6. The van der Waals surface area contributed by atoms with E-state index in [0.29, 0.717) is 0 Å². The molecule has 1 aliphatic carbocycles. The Morgan fingerprint density at radius 3 is 0.951 bits per heavy atom. The summed E-state index contributed by atoms with van der Waals surface area (Å²) in [6, 6.07) is -12.3. The minimum atomic E-state index is -1.66. The summed E-state index contributed by atoms with van der Waals surface area (Å²) in [5, 5.41) is 41.6. The van der Waals surface area contributed by atoms with Crippen LogP contribution in [0.25, 0.3) is 0 Å². The van der Waals surface area contributed by atoms with Gasteiger partial charge < -0.3 is 98.3 Å². The molecular weight excluding hydrogens is 1340 g/mol. The third-order valence-corrected chi connectivity index (χ3v) is 14.6. The number of carbonyl (C=O) groups is 14. The molecule has 103 heavy (non-hydrogen) atoms. The number of hydrogen-bond donors (Lipinski definition) is 14. The fraction of sp³-hybridized carbons (Fsp3) is 0.771. The van der Waals surface area contributed by atoms with E-state index >= 15 is 0 Å². The maximum absolute atomic E-state index is 14.9. The molecule has 1 aliphatic rings. The first-order chi connectivity index (χ1) is 47.0. The molecule has 33 nitrogen and oxygen atoms in total. The molecule has 588 valence electrons. The second-order valence-corrected chi connectivity index (χ2v) is 32.4. The Morgan fingerprint density at radius 2 is 0.670 bits per heavy atom. The van der Waals surface area contributed by atoms with Crippen LogP contribution in [0, 0.1) is 17.3 Å². The van der Waals surface area contributed by atoms with Crippen LogP contribution in [0.3, 0.4) is 0 Å². The number of nitrogens with one attached hydrogen (secondary N) is 12. The van der Waals surface area contributed by atoms with Crippen molar-refractivity contribution in [2.24, 2.45) is 23.0 Å². The van der Waals surface area contributed by atoms with Gasteiger partial charge in [-0.1, -0.05) is 41.5 Å². The quantitative estimate of drug-likeness (QED) is 0.0238. The number of nitrogens with two attached hydrogens (primary N) is 1. The number of rotatable bonds is 37. The summed E-state index contributed by atoms with van der Waals surface area (Å²) in [5.74, 6) is -9.63. The van der Waals surface area contributed by atoms with Gasteiger partial charge in [0.05, 0.1) is 23.3 Å². The fourth-order valence-electron chi connectivity index (χ4n) is 10.2. The lowest BCUT2D eigenvalue weighted by Crippen LogP contribution is -2.61. The second kappa shape index (κ2) is 41.2. The second-order valence-electron chi connectivity index (χ2n) is 32.4. The predicted molar refractivity (Wildman–Crippen MR) is 382 cm³/mol. The smallest absolute Gasteiger partial charge is 0.407 e. The Morgan fingerprint density at radius 1 is 0.408 bits per heavy atom. The predicted octanol–water partition coefficient (Wildman–Crippen LogP) is 3.96. The monoisotopic (exact) mass is 1470 g/mol. The zero-order valence-electron chi connectivity index (χ0n) is 65.0. The number of aliphatic carboxylic acids is 1. The molecule has 0 aliphatic heterocycles. The third kappa shape index (κ3) is 39.8. The Labute approximate surface area is 607 Å². The molecule has 0 aromatic carbocycles. The Balaban J connectivity index is 3.97. The SMILES string of the molecule is CC(NCC[C@H](NC(=O)[C@@H](N)CCNC(=O)OC(C)(C)C)C(=O)N[C@@H](CCNC(=O)OC(C)(C)C)C(=O)N[C@H](CC(C)C)C(=O)N[C@@H](CC(C)C)C(=O)N[C@@H](CCNC(=O)OC(C)(C)C)C(=O)N[C@@H](CCNC(=O)OC(C)(C)C)C(=O)N[C@H](C(=O)O)[C@@H](C)OC(C)(C)C)=C1C(=O)CC(C)(C)CC1=O. The van der Waals surface area contributed by atoms with E-state index in [2.05, 4.69) is 63.8 Å². The largest absolute Gasteiger partial charge is 0.480 e. The van der Waals surface area contributed by atoms with Gasteiger partial charge in [0.25, 0.3) is 0 Å². The highest BCUT2D eigenvalue weighted by Gasteiger charge is 2.40. The number of ether oxygens (including phenoxy) is 5. The average Bonchev–Trinajstić information content (AvgIpc) is 0.809. The molecule has 0 bridgehead atoms. The van der Waals surface area contributed by atoms with Crippen molar-refractivity contribution < 1.29 is 95.9 Å². The van der Waals surface area contributed by atoms with Crippen LogP contribution in [0.4, 0.5) is 19.2 Å². The summed E-state index contributed by atoms with van der Waals surface area (Å²) >= 11 is 0. The van der Waals surface area contributed by atoms with Crippen molar-refractivity contribution in [3.05, 3.63) is 11.3 Å². The zero-order valence-corrected chi connectivity index (χ0v) is 65.0. The van der Waals surface area contributed by atoms with Crippen LogP contribution >= 0.6 is 0 Å². The topological polar surface area (TPSA) is 476 Å². The van der Waals surface area contributed by atoms with Crippen LogP contribution in [0.2, 0.25) is 0 Å². The van der Waals surface area contributed by atoms with E-state index in [9.17, 15) is 72.2 Å². The van der Waals surface area contributed by atoms with Gasteiger partial charge in [0.1, 0.15) is 58.7 Å². The molecule has 9 atom stereocenters. The number of allylic oxidation sites excluding steroid dienone is 2. The van der Waals surface area contributed by atoms with Gasteiger partial charge in [0.2, 0.25) is 41.4 Å². The van der Waals surface area contributed by atoms with Crippen molar-refractivity contribution in [1.82, 2.24) is 63.8 Å². The van der Waals surface area contributed by atoms with Gasteiger partial charge in [0.15, 0.2) is 17.6 Å². The highest BCUT2D eigenvalue weighted by molar-refractivity contribution is 6.22. The van der Waals surface area contributed by atoms with E-state index in [4.69, 9.17) is 29.4 Å². The van der Waals surface area contributed by atoms with E-state index < -0.39 is 160 Å². The summed E-state index contributed by atoms with van der Waals surface area (Å²) in [6.45, 7) is 37.0. The maximum Gasteiger partial charge on any atom is 0.407 e. The lowest BCUT2D eigenvalue weighted by Gasteiger charge is -2.31. The van der Waals surface area contributed by atoms with Crippen molar-refractivity contribution in [3.63, 3.8) is 0 Å². The number of carboxylic acids is 1. The number of ketones is 2. The van der Waals surface area contributed by atoms with Crippen molar-refractivity contribution in [3.8, 4) is 0 Å². The zero-order chi connectivity index (χ0) is 79.5. The summed E-state index contributed by atoms with van der Waals surface area (Å²) in [7, 11) is 0. The molecule has 0 heterocycles. The van der Waals surface area contributed by atoms with E-state index in [0.717, 1.165) is 0 Å². The van der Waals surface area contributed by atoms with E-state index in [-0.39, 0.29) is 125 Å². The van der Waals surface area contributed by atoms with Crippen LogP contribution in [0.15, 0.2) is 11.3 Å². The molecule has 0 saturated heterocycles. The summed E-state index contributed by atoms with van der Waals surface area (Å²) in [4.78, 5) is 192. The molecule has 1 saturated carbocycles. The molecule has 33 heteroatoms. The molecule has 0 spiro atoms. The molecule has 0 unspecified atom stereocenters. The van der Waals surface area contributed by atoms with Crippen LogP contribution in [-0.4, -0.2) is 204 Å². The minimum Gasteiger partial charge on any atom is -0.480 e. The highest BCUT2D eigenvalue weighted by atomic mass is 16.6. The number of alkyl carbamates (subject to hydrolysis) is 4. The first-order valence-corrected chi connectivity index (χ1v) is 35.1. The van der Waals surface area contributed by atoms with Crippen molar-refractivity contribution in [2.75, 3.05) is 32.7 Å². The average molecular weight is 1470 g/mol. The molecule has 0 radical (unpaired) electrons. The first-order valence-electron chi connectivity index (χ1n) is 35.1. The lowest BCUT2D eigenvalue weighted by molar-refractivity contribution is -0.150. The van der Waals surface area contributed by atoms with Gasteiger partial charge in [-0.15, -0.1) is 0 Å². The van der Waals surface area contributed by atoms with Crippen molar-refractivity contribution in [1.29, 1.82) is 0 Å². The van der Waals surface area contributed by atoms with E-state index in [1.54, 1.807) is 145 Å². The maximum atomic E-state index is 14.9. The van der Waals surface area contributed by atoms with E-state index in [1.807, 2.05) is 0 Å². The van der Waals surface area contributed by atoms with Crippen LogP contribution < -0.4 is 69.5 Å². The molecule has 1 rings (SSSR count). The van der Waals surface area contributed by atoms with Gasteiger partial charge in [0, 0.05) is 51.3 Å². The summed E-state index contributed by atoms with van der Waals surface area (Å²) < 4.78 is 27.2. The minimum absolute atomic E-state index is 0.0328. The molecule has 1 fully saturated rings. The number of amides is 11. The van der Waals surface area contributed by atoms with Crippen molar-refractivity contribution in [2.45, 2.75) is 299 Å². The highest BCUT2D eigenvalue weighted by Crippen LogP contribution is 2.34. The Bertz CT molecular complexity index is 2950. The number of carboxylic acid groups (broad SMARTS) is 1. The van der Waals surface area contributed by atoms with Gasteiger partial charge >= 0.3 is 30.3 Å². The standard InChI is InChI=1S/C70H123N13O20/c1-38(2)34-47(58(91)80-44(26-31-74-62(96)101-67(13,14)15)55(88)79-46(28-33-76-64(98)103-69(19,20)21)57(90)83-52(60(93)94)41(6)99-65(7,8)9)82-59(92)48(35-39(3)4)81-56(89)45(27-32-75-63(97)102-68(16,17)18)78-54(87)43(77-53(86)42(71)24-29-73-61(95)100-66(10,11)12)25-30-72-40(5)51-49(84)36-70(22,23)37-50(51)85/h38-39,41-48,52,72H,24-37,71H2,1-23H3,(H,73,95)(H,74,96)(H,75,97)(H,76,98)(H,77,86)(H,78,87)(H,79,88)(H,80,91)(H,81,89)(H,82,92)(H,83,90)(H,93,94)/t41-,42+,43+,44+,45+,46+,47+,48-,52+/m1/s1. The first kappa shape index (κ1) is 92.7. The molecule has 0 aromatic heterocycles. The van der Waals surface area contributed by atoms with Gasteiger partial charge in [-0.2, -0.15) is 0 Å². The normalized spacial score (nSPS) is 16.0. The van der Waals surface area contributed by atoms with Crippen LogP contribution in [0.1, 0.15) is 217 Å². The molecule has 0 aromatic rings. The Kier molecular flexibility index (Phi) is 37.1. The number of hydrogen-bond acceptors (Lipinski definition) is 21.